The number of nitriles is 1. The predicted octanol–water partition coefficient (Wildman–Crippen LogP) is 1.40. The molecule has 1 rings (SSSR count). The zero-order chi connectivity index (χ0) is 8.10. The molecule has 0 aliphatic heterocycles. The van der Waals surface area contributed by atoms with E-state index in [1.807, 2.05) is 6.07 Å². The quantitative estimate of drug-likeness (QED) is 0.557. The van der Waals surface area contributed by atoms with Gasteiger partial charge in [-0.25, -0.2) is 4.79 Å². The molecule has 0 fully saturated rings. The third kappa shape index (κ3) is 1.54. The van der Waals surface area contributed by atoms with Crippen molar-refractivity contribution in [3.05, 3.63) is 35.4 Å². The summed E-state index contributed by atoms with van der Waals surface area (Å²) < 4.78 is 0. The molecule has 0 N–H and O–H groups in total. The molecule has 0 atom stereocenters. The summed E-state index contributed by atoms with van der Waals surface area (Å²) in [6.45, 7) is 0. The maximum Gasteiger partial charge on any atom is 0.125 e. The fourth-order valence-corrected chi connectivity index (χ4v) is 0.788. The van der Waals surface area contributed by atoms with Crippen molar-refractivity contribution >= 4 is 12.0 Å². The van der Waals surface area contributed by atoms with Gasteiger partial charge in [-0.05, 0) is 6.07 Å². The lowest BCUT2D eigenvalue weighted by Gasteiger charge is -1.91. The van der Waals surface area contributed by atoms with Crippen molar-refractivity contribution in [3.8, 4) is 6.07 Å². The van der Waals surface area contributed by atoms with Crippen molar-refractivity contribution in [2.75, 3.05) is 0 Å². The summed E-state index contributed by atoms with van der Waals surface area (Å²) in [5, 5.41) is 8.55. The van der Waals surface area contributed by atoms with Crippen LogP contribution in [-0.4, -0.2) is 5.94 Å². The van der Waals surface area contributed by atoms with E-state index < -0.39 is 0 Å². The zero-order valence-corrected chi connectivity index (χ0v) is 5.74. The summed E-state index contributed by atoms with van der Waals surface area (Å²) in [4.78, 5) is 9.95. The lowest BCUT2D eigenvalue weighted by molar-refractivity contribution is 0.570. The van der Waals surface area contributed by atoms with Crippen molar-refractivity contribution in [1.82, 2.24) is 0 Å². The van der Waals surface area contributed by atoms with E-state index in [1.165, 1.54) is 6.08 Å². The Bertz CT molecular complexity index is 343. The Hall–Kier alpha value is -1.84. The molecule has 1 aromatic rings. The second-order valence-corrected chi connectivity index (χ2v) is 1.96. The molecule has 11 heavy (non-hydrogen) atoms. The highest BCUT2D eigenvalue weighted by Crippen LogP contribution is 2.06. The van der Waals surface area contributed by atoms with Gasteiger partial charge < -0.3 is 0 Å². The Balaban J connectivity index is 3.25. The largest absolute Gasteiger partial charge is 0.233 e. The molecular weight excluding hydrogens is 138 g/mol. The Morgan fingerprint density at radius 3 is 2.73 bits per heavy atom. The SMILES string of the molecule is N#Cc1ccccc1C=C=O. The van der Waals surface area contributed by atoms with Crippen LogP contribution in [0.25, 0.3) is 6.08 Å². The highest BCUT2D eigenvalue weighted by atomic mass is 16.1. The van der Waals surface area contributed by atoms with Crippen LogP contribution >= 0.6 is 0 Å². The van der Waals surface area contributed by atoms with Crippen molar-refractivity contribution in [3.63, 3.8) is 0 Å². The van der Waals surface area contributed by atoms with Gasteiger partial charge in [0.25, 0.3) is 0 Å². The van der Waals surface area contributed by atoms with Crippen LogP contribution < -0.4 is 0 Å². The minimum Gasteiger partial charge on any atom is -0.233 e. The minimum absolute atomic E-state index is 0.496. The lowest BCUT2D eigenvalue weighted by Crippen LogP contribution is -1.79. The average Bonchev–Trinajstić information content (AvgIpc) is 2.06. The van der Waals surface area contributed by atoms with Gasteiger partial charge in [-0.1, -0.05) is 18.2 Å². The van der Waals surface area contributed by atoms with Gasteiger partial charge in [0, 0.05) is 11.6 Å². The topological polar surface area (TPSA) is 40.9 Å². The van der Waals surface area contributed by atoms with E-state index in [1.54, 1.807) is 30.2 Å². The molecule has 0 heterocycles. The molecule has 1 aromatic carbocycles. The molecule has 0 spiro atoms. The average molecular weight is 143 g/mol. The van der Waals surface area contributed by atoms with E-state index in [4.69, 9.17) is 5.26 Å². The highest BCUT2D eigenvalue weighted by Gasteiger charge is 1.94. The molecule has 0 unspecified atom stereocenters. The smallest absolute Gasteiger partial charge is 0.125 e. The summed E-state index contributed by atoms with van der Waals surface area (Å²) in [6, 6.07) is 8.84. The molecule has 52 valence electrons. The van der Waals surface area contributed by atoms with Gasteiger partial charge in [0.1, 0.15) is 5.94 Å². The van der Waals surface area contributed by atoms with E-state index in [0.29, 0.717) is 11.1 Å². The van der Waals surface area contributed by atoms with Gasteiger partial charge in [-0.15, -0.1) is 0 Å². The number of nitrogens with zero attached hydrogens (tertiary/aromatic N) is 1. The van der Waals surface area contributed by atoms with Crippen molar-refractivity contribution in [2.24, 2.45) is 0 Å². The summed E-state index contributed by atoms with van der Waals surface area (Å²) >= 11 is 0. The molecule has 0 saturated heterocycles. The molecule has 2 nitrogen and oxygen atoms in total. The Labute approximate surface area is 64.4 Å². The van der Waals surface area contributed by atoms with Gasteiger partial charge in [0.2, 0.25) is 0 Å². The summed E-state index contributed by atoms with van der Waals surface area (Å²) in [5.74, 6) is 1.63. The van der Waals surface area contributed by atoms with E-state index >= 15 is 0 Å². The Morgan fingerprint density at radius 1 is 1.36 bits per heavy atom. The molecule has 0 aliphatic carbocycles. The van der Waals surface area contributed by atoms with E-state index in [0.717, 1.165) is 0 Å². The van der Waals surface area contributed by atoms with E-state index in [2.05, 4.69) is 0 Å². The first kappa shape index (κ1) is 7.27. The van der Waals surface area contributed by atoms with Crippen LogP contribution in [0.5, 0.6) is 0 Å². The second kappa shape index (κ2) is 3.36. The van der Waals surface area contributed by atoms with Crippen LogP contribution in [0, 0.1) is 11.3 Å². The van der Waals surface area contributed by atoms with Crippen molar-refractivity contribution in [1.29, 1.82) is 5.26 Å². The van der Waals surface area contributed by atoms with Crippen LogP contribution in [0.2, 0.25) is 0 Å². The molecule has 0 aromatic heterocycles. The second-order valence-electron chi connectivity index (χ2n) is 1.96. The van der Waals surface area contributed by atoms with Crippen LogP contribution in [0.4, 0.5) is 0 Å². The predicted molar refractivity (Wildman–Crippen MR) is 41.3 cm³/mol. The van der Waals surface area contributed by atoms with Gasteiger partial charge in [-0.2, -0.15) is 5.26 Å². The standard InChI is InChI=1S/C9H5NO/c10-7-9-4-2-1-3-8(9)5-6-11/h1-5H. The first-order valence-corrected chi connectivity index (χ1v) is 3.08. The molecular formula is C9H5NO. The van der Waals surface area contributed by atoms with Crippen LogP contribution in [0.3, 0.4) is 0 Å². The van der Waals surface area contributed by atoms with Gasteiger partial charge in [0.15, 0.2) is 0 Å². The number of carbonyl (C=O) groups excluding carboxylic acids is 1. The number of rotatable bonds is 1. The number of hydrogen-bond donors (Lipinski definition) is 0. The summed E-state index contributed by atoms with van der Waals surface area (Å²) in [6.07, 6.45) is 1.25. The molecule has 0 amide bonds. The van der Waals surface area contributed by atoms with Crippen molar-refractivity contribution in [2.45, 2.75) is 0 Å². The van der Waals surface area contributed by atoms with Gasteiger partial charge in [-0.3, -0.25) is 0 Å². The van der Waals surface area contributed by atoms with E-state index in [9.17, 15) is 4.79 Å². The molecule has 0 saturated carbocycles. The van der Waals surface area contributed by atoms with Gasteiger partial charge in [0.05, 0.1) is 11.6 Å². The number of benzene rings is 1. The molecule has 0 radical (unpaired) electrons. The lowest BCUT2D eigenvalue weighted by atomic mass is 10.1. The molecule has 0 aliphatic rings. The first-order valence-electron chi connectivity index (χ1n) is 3.08. The molecule has 2 heteroatoms. The van der Waals surface area contributed by atoms with Crippen LogP contribution in [-0.2, 0) is 4.79 Å². The summed E-state index contributed by atoms with van der Waals surface area (Å²) in [5.41, 5.74) is 1.11. The maximum absolute atomic E-state index is 9.95. The third-order valence-electron chi connectivity index (χ3n) is 1.30. The fraction of sp³-hybridized carbons (Fsp3) is 0. The Morgan fingerprint density at radius 2 is 2.09 bits per heavy atom. The van der Waals surface area contributed by atoms with Crippen LogP contribution in [0.1, 0.15) is 11.1 Å². The monoisotopic (exact) mass is 143 g/mol. The normalized spacial score (nSPS) is 7.91. The highest BCUT2D eigenvalue weighted by molar-refractivity contribution is 5.77. The Kier molecular flexibility index (Phi) is 2.22. The first-order chi connectivity index (χ1) is 5.38. The molecule has 0 bridgehead atoms. The minimum atomic E-state index is 0.496. The summed E-state index contributed by atoms with van der Waals surface area (Å²) in [7, 11) is 0. The zero-order valence-electron chi connectivity index (χ0n) is 5.74. The van der Waals surface area contributed by atoms with E-state index in [-0.39, 0.29) is 0 Å². The third-order valence-corrected chi connectivity index (χ3v) is 1.30. The van der Waals surface area contributed by atoms with Gasteiger partial charge >= 0.3 is 0 Å². The maximum atomic E-state index is 9.95. The fourth-order valence-electron chi connectivity index (χ4n) is 0.788. The van der Waals surface area contributed by atoms with Crippen LogP contribution in [0.15, 0.2) is 24.3 Å². The number of hydrogen-bond acceptors (Lipinski definition) is 2. The van der Waals surface area contributed by atoms with Crippen molar-refractivity contribution < 1.29 is 4.79 Å².